The molecule has 1 fully saturated rings. The number of hydrogen-bond donors (Lipinski definition) is 1. The molecule has 1 amide bonds. The number of benzene rings is 1. The van der Waals surface area contributed by atoms with Crippen molar-refractivity contribution in [2.45, 2.75) is 63.8 Å². The number of rotatable bonds is 5. The third kappa shape index (κ3) is 4.76. The van der Waals surface area contributed by atoms with Gasteiger partial charge in [-0.15, -0.1) is 11.3 Å². The van der Waals surface area contributed by atoms with Crippen molar-refractivity contribution in [3.05, 3.63) is 62.6 Å². The number of hydrogen-bond acceptors (Lipinski definition) is 4. The van der Waals surface area contributed by atoms with Crippen molar-refractivity contribution in [1.29, 1.82) is 0 Å². The van der Waals surface area contributed by atoms with Crippen LogP contribution in [0.15, 0.2) is 50.3 Å². The summed E-state index contributed by atoms with van der Waals surface area (Å²) in [7, 11) is 0. The van der Waals surface area contributed by atoms with Crippen LogP contribution in [-0.4, -0.2) is 18.2 Å². The maximum atomic E-state index is 13.3. The standard InChI is InChI=1S/C26H27BrN2O2S/c27-18-8-6-7-17(15-18)22-14-13-20(31-22)16-28-26-24(21-11-4-5-12-23(21)32-26)25(30)29-19-9-2-1-3-10-19/h6-8,13-16,19H,1-5,9-12H2,(H,29,30). The molecule has 2 aromatic heterocycles. The van der Waals surface area contributed by atoms with E-state index < -0.39 is 0 Å². The molecule has 0 spiro atoms. The highest BCUT2D eigenvalue weighted by molar-refractivity contribution is 9.10. The molecule has 4 nitrogen and oxygen atoms in total. The SMILES string of the molecule is O=C(NC1CCCCC1)c1c(N=Cc2ccc(-c3cccc(Br)c3)o2)sc2c1CCCC2. The molecule has 2 aliphatic rings. The van der Waals surface area contributed by atoms with E-state index in [1.165, 1.54) is 36.1 Å². The molecule has 2 heterocycles. The molecule has 0 bridgehead atoms. The summed E-state index contributed by atoms with van der Waals surface area (Å²) in [6.45, 7) is 0. The second-order valence-corrected chi connectivity index (χ2v) is 10.7. The number of fused-ring (bicyclic) bond motifs is 1. The fraction of sp³-hybridized carbons (Fsp3) is 0.385. The van der Waals surface area contributed by atoms with Gasteiger partial charge in [-0.3, -0.25) is 4.79 Å². The van der Waals surface area contributed by atoms with E-state index in [0.29, 0.717) is 11.8 Å². The maximum absolute atomic E-state index is 13.3. The molecule has 0 unspecified atom stereocenters. The zero-order valence-corrected chi connectivity index (χ0v) is 20.4. The van der Waals surface area contributed by atoms with Gasteiger partial charge in [0.05, 0.1) is 11.8 Å². The van der Waals surface area contributed by atoms with Gasteiger partial charge in [0.2, 0.25) is 0 Å². The Labute approximate surface area is 201 Å². The van der Waals surface area contributed by atoms with Gasteiger partial charge in [0.25, 0.3) is 5.91 Å². The summed E-state index contributed by atoms with van der Waals surface area (Å²) in [6, 6.07) is 12.2. The smallest absolute Gasteiger partial charge is 0.254 e. The summed E-state index contributed by atoms with van der Waals surface area (Å²) in [5.41, 5.74) is 3.03. The molecule has 0 radical (unpaired) electrons. The normalized spacial score (nSPS) is 16.9. The van der Waals surface area contributed by atoms with Gasteiger partial charge >= 0.3 is 0 Å². The van der Waals surface area contributed by atoms with Crippen molar-refractivity contribution in [3.8, 4) is 11.3 Å². The fourth-order valence-corrected chi connectivity index (χ4v) is 6.35. The second-order valence-electron chi connectivity index (χ2n) is 8.67. The van der Waals surface area contributed by atoms with Crippen LogP contribution in [-0.2, 0) is 12.8 Å². The zero-order chi connectivity index (χ0) is 21.9. The predicted octanol–water partition coefficient (Wildman–Crippen LogP) is 7.46. The Morgan fingerprint density at radius 3 is 2.78 bits per heavy atom. The van der Waals surface area contributed by atoms with E-state index in [0.717, 1.165) is 58.5 Å². The molecule has 166 valence electrons. The lowest BCUT2D eigenvalue weighted by molar-refractivity contribution is 0.0927. The third-order valence-electron chi connectivity index (χ3n) is 6.37. The number of furan rings is 1. The van der Waals surface area contributed by atoms with Crippen molar-refractivity contribution in [1.82, 2.24) is 5.32 Å². The van der Waals surface area contributed by atoms with Crippen molar-refractivity contribution in [2.24, 2.45) is 4.99 Å². The Hall–Kier alpha value is -2.18. The molecule has 0 saturated heterocycles. The summed E-state index contributed by atoms with van der Waals surface area (Å²) in [5.74, 6) is 1.54. The molecule has 3 aromatic rings. The molecule has 0 aliphatic heterocycles. The highest BCUT2D eigenvalue weighted by atomic mass is 79.9. The molecule has 5 rings (SSSR count). The number of carbonyl (C=O) groups is 1. The van der Waals surface area contributed by atoms with Crippen molar-refractivity contribution in [2.75, 3.05) is 0 Å². The Morgan fingerprint density at radius 1 is 1.09 bits per heavy atom. The lowest BCUT2D eigenvalue weighted by Gasteiger charge is -2.23. The van der Waals surface area contributed by atoms with E-state index in [4.69, 9.17) is 9.41 Å². The van der Waals surface area contributed by atoms with E-state index in [1.807, 2.05) is 36.4 Å². The Balaban J connectivity index is 1.40. The van der Waals surface area contributed by atoms with Gasteiger partial charge in [0.1, 0.15) is 16.5 Å². The first kappa shape index (κ1) is 21.7. The topological polar surface area (TPSA) is 54.6 Å². The highest BCUT2D eigenvalue weighted by Gasteiger charge is 2.27. The van der Waals surface area contributed by atoms with Crippen LogP contribution in [0.4, 0.5) is 5.00 Å². The average Bonchev–Trinajstić information content (AvgIpc) is 3.43. The number of nitrogens with one attached hydrogen (secondary N) is 1. The molecular formula is C26H27BrN2O2S. The number of aryl methyl sites for hydroxylation is 1. The highest BCUT2D eigenvalue weighted by Crippen LogP contribution is 2.40. The Morgan fingerprint density at radius 2 is 1.94 bits per heavy atom. The monoisotopic (exact) mass is 510 g/mol. The quantitative estimate of drug-likeness (QED) is 0.362. The number of thiophene rings is 1. The lowest BCUT2D eigenvalue weighted by Crippen LogP contribution is -2.36. The molecule has 0 atom stereocenters. The fourth-order valence-electron chi connectivity index (χ4n) is 4.72. The van der Waals surface area contributed by atoms with Crippen molar-refractivity contribution in [3.63, 3.8) is 0 Å². The van der Waals surface area contributed by atoms with Crippen LogP contribution in [0.1, 0.15) is 71.5 Å². The third-order valence-corrected chi connectivity index (χ3v) is 8.06. The molecule has 1 saturated carbocycles. The van der Waals surface area contributed by atoms with Crippen LogP contribution in [0.5, 0.6) is 0 Å². The molecular weight excluding hydrogens is 484 g/mol. The second kappa shape index (κ2) is 9.75. The summed E-state index contributed by atoms with van der Waals surface area (Å²) in [5, 5.41) is 4.12. The Bertz CT molecular complexity index is 1140. The van der Waals surface area contributed by atoms with Crippen LogP contribution < -0.4 is 5.32 Å². The predicted molar refractivity (Wildman–Crippen MR) is 134 cm³/mol. The summed E-state index contributed by atoms with van der Waals surface area (Å²) < 4.78 is 7.02. The first-order valence-electron chi connectivity index (χ1n) is 11.5. The largest absolute Gasteiger partial charge is 0.455 e. The molecule has 6 heteroatoms. The summed E-state index contributed by atoms with van der Waals surface area (Å²) in [6.07, 6.45) is 12.0. The Kier molecular flexibility index (Phi) is 6.60. The van der Waals surface area contributed by atoms with E-state index in [9.17, 15) is 4.79 Å². The van der Waals surface area contributed by atoms with E-state index >= 15 is 0 Å². The first-order valence-corrected chi connectivity index (χ1v) is 13.1. The van der Waals surface area contributed by atoms with Gasteiger partial charge in [-0.1, -0.05) is 47.3 Å². The van der Waals surface area contributed by atoms with Gasteiger partial charge in [0, 0.05) is 21.0 Å². The van der Waals surface area contributed by atoms with Crippen LogP contribution in [0, 0.1) is 0 Å². The summed E-state index contributed by atoms with van der Waals surface area (Å²) in [4.78, 5) is 19.4. The minimum Gasteiger partial charge on any atom is -0.455 e. The summed E-state index contributed by atoms with van der Waals surface area (Å²) >= 11 is 5.18. The molecule has 32 heavy (non-hydrogen) atoms. The average molecular weight is 511 g/mol. The van der Waals surface area contributed by atoms with Crippen molar-refractivity contribution >= 4 is 44.4 Å². The number of amides is 1. The minimum atomic E-state index is 0.0534. The number of halogens is 1. The molecule has 2 aliphatic carbocycles. The van der Waals surface area contributed by atoms with E-state index in [-0.39, 0.29) is 5.91 Å². The van der Waals surface area contributed by atoms with Crippen LogP contribution in [0.2, 0.25) is 0 Å². The zero-order valence-electron chi connectivity index (χ0n) is 18.0. The van der Waals surface area contributed by atoms with Crippen LogP contribution >= 0.6 is 27.3 Å². The minimum absolute atomic E-state index is 0.0534. The van der Waals surface area contributed by atoms with Crippen LogP contribution in [0.3, 0.4) is 0 Å². The van der Waals surface area contributed by atoms with Crippen LogP contribution in [0.25, 0.3) is 11.3 Å². The molecule has 1 aromatic carbocycles. The van der Waals surface area contributed by atoms with Gasteiger partial charge in [-0.25, -0.2) is 4.99 Å². The molecule has 1 N–H and O–H groups in total. The van der Waals surface area contributed by atoms with E-state index in [2.05, 4.69) is 21.2 Å². The van der Waals surface area contributed by atoms with Gasteiger partial charge < -0.3 is 9.73 Å². The van der Waals surface area contributed by atoms with Crippen molar-refractivity contribution < 1.29 is 9.21 Å². The van der Waals surface area contributed by atoms with Gasteiger partial charge in [-0.05, 0) is 68.4 Å². The number of aliphatic imine (C=N–C) groups is 1. The lowest BCUT2D eigenvalue weighted by atomic mass is 9.93. The van der Waals surface area contributed by atoms with Gasteiger partial charge in [-0.2, -0.15) is 0 Å². The number of nitrogens with zero attached hydrogens (tertiary/aromatic N) is 1. The maximum Gasteiger partial charge on any atom is 0.254 e. The number of carbonyl (C=O) groups excluding carboxylic acids is 1. The van der Waals surface area contributed by atoms with Gasteiger partial charge in [0.15, 0.2) is 0 Å². The van der Waals surface area contributed by atoms with E-state index in [1.54, 1.807) is 17.6 Å². The first-order chi connectivity index (χ1) is 15.7.